The molecule has 1 saturated heterocycles. The summed E-state index contributed by atoms with van der Waals surface area (Å²) in [5.74, 6) is 0.165. The Morgan fingerprint density at radius 2 is 2.19 bits per heavy atom. The number of para-hydroxylation sites is 1. The third-order valence-electron chi connectivity index (χ3n) is 4.48. The molecule has 1 unspecified atom stereocenters. The number of benzene rings is 1. The number of fused-ring (bicyclic) bond motifs is 4. The Balaban J connectivity index is 1.76. The molecule has 4 nitrogen and oxygen atoms in total. The fourth-order valence-electron chi connectivity index (χ4n) is 3.49. The number of nitrogens with zero attached hydrogens (tertiary/aromatic N) is 2. The fraction of sp³-hybridized carbons (Fsp3) is 0.375. The number of carbonyl (C=O) groups excluding carboxylic acids is 1. The molecule has 0 radical (unpaired) electrons. The number of aromatic amines is 1. The zero-order chi connectivity index (χ0) is 14.6. The lowest BCUT2D eigenvalue weighted by Crippen LogP contribution is -2.39. The lowest BCUT2D eigenvalue weighted by atomic mass is 9.97. The summed E-state index contributed by atoms with van der Waals surface area (Å²) in [5.41, 5.74) is 3.62. The van der Waals surface area contributed by atoms with Crippen molar-refractivity contribution in [3.8, 4) is 0 Å². The molecule has 1 fully saturated rings. The third-order valence-corrected chi connectivity index (χ3v) is 4.93. The summed E-state index contributed by atoms with van der Waals surface area (Å²) in [6, 6.07) is 8.18. The van der Waals surface area contributed by atoms with Gasteiger partial charge in [0, 0.05) is 29.6 Å². The molecule has 0 spiro atoms. The molecule has 2 aliphatic heterocycles. The van der Waals surface area contributed by atoms with Crippen LogP contribution in [-0.4, -0.2) is 38.4 Å². The van der Waals surface area contributed by atoms with Gasteiger partial charge in [0.25, 0.3) is 5.91 Å². The second kappa shape index (κ2) is 4.56. The van der Waals surface area contributed by atoms with Gasteiger partial charge in [-0.2, -0.15) is 0 Å². The minimum atomic E-state index is -0.115. The van der Waals surface area contributed by atoms with Crippen molar-refractivity contribution in [2.45, 2.75) is 32.4 Å². The van der Waals surface area contributed by atoms with Gasteiger partial charge in [-0.05, 0) is 30.3 Å². The molecular formula is C16H17N3OS. The van der Waals surface area contributed by atoms with Crippen molar-refractivity contribution < 1.29 is 4.79 Å². The lowest BCUT2D eigenvalue weighted by molar-refractivity contribution is -0.128. The number of hydrogen-bond acceptors (Lipinski definition) is 2. The molecule has 108 valence electrons. The van der Waals surface area contributed by atoms with Crippen LogP contribution >= 0.6 is 12.2 Å². The highest BCUT2D eigenvalue weighted by molar-refractivity contribution is 7.80. The van der Waals surface area contributed by atoms with E-state index >= 15 is 0 Å². The first kappa shape index (κ1) is 12.8. The molecule has 2 aliphatic rings. The van der Waals surface area contributed by atoms with E-state index < -0.39 is 0 Å². The molecular weight excluding hydrogens is 282 g/mol. The number of amides is 1. The Bertz CT molecular complexity index is 751. The van der Waals surface area contributed by atoms with Crippen molar-refractivity contribution in [1.29, 1.82) is 0 Å². The molecule has 1 N–H and O–H groups in total. The molecule has 1 aromatic carbocycles. The summed E-state index contributed by atoms with van der Waals surface area (Å²) in [4.78, 5) is 19.9. The minimum absolute atomic E-state index is 0.115. The zero-order valence-corrected chi connectivity index (χ0v) is 12.7. The normalized spacial score (nSPS) is 21.1. The van der Waals surface area contributed by atoms with Crippen LogP contribution in [-0.2, 0) is 17.8 Å². The molecule has 1 aromatic heterocycles. The van der Waals surface area contributed by atoms with Gasteiger partial charge in [0.05, 0.1) is 6.54 Å². The second-order valence-corrected chi connectivity index (χ2v) is 6.11. The average molecular weight is 299 g/mol. The number of hydrogen-bond donors (Lipinski definition) is 1. The van der Waals surface area contributed by atoms with E-state index in [0.717, 1.165) is 24.9 Å². The highest BCUT2D eigenvalue weighted by Gasteiger charge is 2.45. The van der Waals surface area contributed by atoms with E-state index in [2.05, 4.69) is 28.9 Å². The molecule has 4 rings (SSSR count). The van der Waals surface area contributed by atoms with Crippen LogP contribution in [0.1, 0.15) is 24.6 Å². The molecule has 2 aromatic rings. The SMILES string of the molecule is CCCN1C(=O)C2Cc3c([nH]c4ccccc34)CN2C1=S. The zero-order valence-electron chi connectivity index (χ0n) is 11.9. The standard InChI is InChI=1S/C16H17N3OS/c1-2-7-18-15(20)14-8-11-10-5-3-4-6-12(10)17-13(11)9-19(14)16(18)21/h3-6,14,17H,2,7-9H2,1H3. The number of carbonyl (C=O) groups is 1. The van der Waals surface area contributed by atoms with Gasteiger partial charge in [-0.15, -0.1) is 0 Å². The minimum Gasteiger partial charge on any atom is -0.357 e. The predicted octanol–water partition coefficient (Wildman–Crippen LogP) is 2.43. The van der Waals surface area contributed by atoms with Crippen molar-refractivity contribution in [2.24, 2.45) is 0 Å². The summed E-state index contributed by atoms with van der Waals surface area (Å²) >= 11 is 5.51. The summed E-state index contributed by atoms with van der Waals surface area (Å²) in [6.45, 7) is 3.50. The van der Waals surface area contributed by atoms with Crippen molar-refractivity contribution in [3.63, 3.8) is 0 Å². The molecule has 3 heterocycles. The topological polar surface area (TPSA) is 39.3 Å². The lowest BCUT2D eigenvalue weighted by Gasteiger charge is -2.28. The molecule has 0 saturated carbocycles. The van der Waals surface area contributed by atoms with Gasteiger partial charge < -0.3 is 9.88 Å². The highest BCUT2D eigenvalue weighted by Crippen LogP contribution is 2.34. The highest BCUT2D eigenvalue weighted by atomic mass is 32.1. The van der Waals surface area contributed by atoms with Crippen molar-refractivity contribution in [2.75, 3.05) is 6.54 Å². The Labute approximate surface area is 128 Å². The van der Waals surface area contributed by atoms with E-state index in [1.54, 1.807) is 4.90 Å². The van der Waals surface area contributed by atoms with E-state index in [0.29, 0.717) is 11.7 Å². The van der Waals surface area contributed by atoms with Crippen molar-refractivity contribution >= 4 is 34.1 Å². The maximum Gasteiger partial charge on any atom is 0.251 e. The number of nitrogens with one attached hydrogen (secondary N) is 1. The van der Waals surface area contributed by atoms with Crippen LogP contribution < -0.4 is 0 Å². The van der Waals surface area contributed by atoms with E-state index in [-0.39, 0.29) is 11.9 Å². The van der Waals surface area contributed by atoms with Crippen LogP contribution in [0.5, 0.6) is 0 Å². The maximum atomic E-state index is 12.6. The first-order valence-electron chi connectivity index (χ1n) is 7.41. The van der Waals surface area contributed by atoms with Gasteiger partial charge in [-0.1, -0.05) is 25.1 Å². The summed E-state index contributed by atoms with van der Waals surface area (Å²) in [7, 11) is 0. The first-order chi connectivity index (χ1) is 10.2. The number of rotatable bonds is 2. The summed E-state index contributed by atoms with van der Waals surface area (Å²) in [6.07, 6.45) is 1.68. The Morgan fingerprint density at radius 1 is 1.38 bits per heavy atom. The van der Waals surface area contributed by atoms with E-state index in [4.69, 9.17) is 12.2 Å². The monoisotopic (exact) mass is 299 g/mol. The van der Waals surface area contributed by atoms with E-state index in [1.165, 1.54) is 16.6 Å². The first-order valence-corrected chi connectivity index (χ1v) is 7.82. The van der Waals surface area contributed by atoms with Crippen molar-refractivity contribution in [1.82, 2.24) is 14.8 Å². The number of aromatic nitrogens is 1. The molecule has 21 heavy (non-hydrogen) atoms. The molecule has 0 bridgehead atoms. The summed E-state index contributed by atoms with van der Waals surface area (Å²) < 4.78 is 0. The maximum absolute atomic E-state index is 12.6. The fourth-order valence-corrected chi connectivity index (χ4v) is 3.86. The third kappa shape index (κ3) is 1.73. The molecule has 1 amide bonds. The average Bonchev–Trinajstić information content (AvgIpc) is 2.97. The summed E-state index contributed by atoms with van der Waals surface area (Å²) in [5, 5.41) is 1.93. The Hall–Kier alpha value is -1.88. The van der Waals surface area contributed by atoms with E-state index in [9.17, 15) is 4.79 Å². The van der Waals surface area contributed by atoms with Gasteiger partial charge in [-0.25, -0.2) is 0 Å². The van der Waals surface area contributed by atoms with Crippen LogP contribution in [0.4, 0.5) is 0 Å². The second-order valence-electron chi connectivity index (χ2n) is 5.75. The molecule has 1 atom stereocenters. The van der Waals surface area contributed by atoms with Crippen LogP contribution in [0, 0.1) is 0 Å². The van der Waals surface area contributed by atoms with Gasteiger partial charge >= 0.3 is 0 Å². The quantitative estimate of drug-likeness (QED) is 0.866. The largest absolute Gasteiger partial charge is 0.357 e. The van der Waals surface area contributed by atoms with Gasteiger partial charge in [0.2, 0.25) is 0 Å². The van der Waals surface area contributed by atoms with Crippen LogP contribution in [0.2, 0.25) is 0 Å². The van der Waals surface area contributed by atoms with Crippen LogP contribution in [0.15, 0.2) is 24.3 Å². The van der Waals surface area contributed by atoms with Gasteiger partial charge in [0.1, 0.15) is 6.04 Å². The number of H-pyrrole nitrogens is 1. The van der Waals surface area contributed by atoms with Crippen LogP contribution in [0.3, 0.4) is 0 Å². The Morgan fingerprint density at radius 3 is 3.00 bits per heavy atom. The van der Waals surface area contributed by atoms with E-state index in [1.807, 2.05) is 12.1 Å². The molecule has 5 heteroatoms. The predicted molar refractivity (Wildman–Crippen MR) is 85.9 cm³/mol. The van der Waals surface area contributed by atoms with Crippen molar-refractivity contribution in [3.05, 3.63) is 35.5 Å². The smallest absolute Gasteiger partial charge is 0.251 e. The van der Waals surface area contributed by atoms with Gasteiger partial charge in [-0.3, -0.25) is 9.69 Å². The molecule has 0 aliphatic carbocycles. The van der Waals surface area contributed by atoms with Gasteiger partial charge in [0.15, 0.2) is 5.11 Å². The Kier molecular flexibility index (Phi) is 2.79. The number of thiocarbonyl (C=S) groups is 1. The van der Waals surface area contributed by atoms with Crippen LogP contribution in [0.25, 0.3) is 10.9 Å².